The number of sulfonamides is 1. The molecule has 0 bridgehead atoms. The number of amides is 1. The van der Waals surface area contributed by atoms with Gasteiger partial charge in [0.25, 0.3) is 10.0 Å². The maximum atomic E-state index is 13.6. The van der Waals surface area contributed by atoms with E-state index >= 15 is 0 Å². The third-order valence-corrected chi connectivity index (χ3v) is 7.33. The third kappa shape index (κ3) is 6.52. The number of carbonyl (C=O) groups is 1. The molecular weight excluding hydrogens is 472 g/mol. The largest absolute Gasteiger partial charge is 0.497 e. The average molecular weight is 501 g/mol. The van der Waals surface area contributed by atoms with Crippen LogP contribution in [0.2, 0.25) is 5.02 Å². The van der Waals surface area contributed by atoms with Crippen molar-refractivity contribution in [1.82, 2.24) is 5.32 Å². The first-order valence-corrected chi connectivity index (χ1v) is 12.8. The number of rotatable bonds is 10. The molecule has 180 valence electrons. The number of hydrogen-bond acceptors (Lipinski definition) is 4. The molecule has 0 saturated heterocycles. The van der Waals surface area contributed by atoms with Crippen LogP contribution in [-0.2, 0) is 14.8 Å². The molecule has 0 saturated carbocycles. The fourth-order valence-electron chi connectivity index (χ4n) is 3.60. The second kappa shape index (κ2) is 11.4. The molecule has 0 unspecified atom stereocenters. The van der Waals surface area contributed by atoms with E-state index in [4.69, 9.17) is 16.3 Å². The highest BCUT2D eigenvalue weighted by Gasteiger charge is 2.28. The average Bonchev–Trinajstić information content (AvgIpc) is 2.83. The predicted molar refractivity (Wildman–Crippen MR) is 136 cm³/mol. The van der Waals surface area contributed by atoms with Crippen molar-refractivity contribution in [3.8, 4) is 5.75 Å². The molecular formula is C26H29ClN2O4S. The molecule has 0 heterocycles. The minimum Gasteiger partial charge on any atom is -0.497 e. The Hall–Kier alpha value is -3.03. The van der Waals surface area contributed by atoms with Crippen molar-refractivity contribution in [2.75, 3.05) is 18.0 Å². The summed E-state index contributed by atoms with van der Waals surface area (Å²) in [5.41, 5.74) is 1.32. The molecule has 6 nitrogen and oxygen atoms in total. The van der Waals surface area contributed by atoms with Gasteiger partial charge >= 0.3 is 0 Å². The zero-order valence-electron chi connectivity index (χ0n) is 19.4. The van der Waals surface area contributed by atoms with Crippen LogP contribution in [0.1, 0.15) is 31.9 Å². The van der Waals surface area contributed by atoms with Gasteiger partial charge in [-0.1, -0.05) is 55.8 Å². The van der Waals surface area contributed by atoms with Gasteiger partial charge in [0.1, 0.15) is 12.3 Å². The van der Waals surface area contributed by atoms with E-state index in [9.17, 15) is 13.2 Å². The van der Waals surface area contributed by atoms with Gasteiger partial charge in [-0.05, 0) is 66.4 Å². The summed E-state index contributed by atoms with van der Waals surface area (Å²) in [4.78, 5) is 13.2. The monoisotopic (exact) mass is 500 g/mol. The molecule has 0 aromatic heterocycles. The van der Waals surface area contributed by atoms with Crippen molar-refractivity contribution in [1.29, 1.82) is 0 Å². The topological polar surface area (TPSA) is 75.7 Å². The van der Waals surface area contributed by atoms with E-state index in [2.05, 4.69) is 19.2 Å². The van der Waals surface area contributed by atoms with E-state index in [0.717, 1.165) is 16.3 Å². The van der Waals surface area contributed by atoms with Crippen molar-refractivity contribution < 1.29 is 17.9 Å². The highest BCUT2D eigenvalue weighted by Crippen LogP contribution is 2.27. The summed E-state index contributed by atoms with van der Waals surface area (Å²) >= 11 is 6.01. The number of ether oxygens (including phenoxy) is 1. The molecule has 0 radical (unpaired) electrons. The van der Waals surface area contributed by atoms with Gasteiger partial charge in [-0.15, -0.1) is 0 Å². The van der Waals surface area contributed by atoms with Gasteiger partial charge in [-0.25, -0.2) is 8.42 Å². The molecule has 0 aliphatic carbocycles. The molecule has 1 amide bonds. The highest BCUT2D eigenvalue weighted by molar-refractivity contribution is 7.92. The highest BCUT2D eigenvalue weighted by atomic mass is 35.5. The van der Waals surface area contributed by atoms with E-state index in [0.29, 0.717) is 22.4 Å². The molecule has 3 aromatic rings. The van der Waals surface area contributed by atoms with E-state index in [1.807, 2.05) is 30.3 Å². The van der Waals surface area contributed by atoms with Crippen LogP contribution >= 0.6 is 11.6 Å². The Bertz CT molecular complexity index is 1180. The molecule has 0 aliphatic heterocycles. The molecule has 0 fully saturated rings. The van der Waals surface area contributed by atoms with Crippen LogP contribution in [0.4, 0.5) is 5.69 Å². The smallest absolute Gasteiger partial charge is 0.264 e. The third-order valence-electron chi connectivity index (χ3n) is 5.29. The Labute approximate surface area is 206 Å². The summed E-state index contributed by atoms with van der Waals surface area (Å²) in [6.07, 6.45) is 0.724. The lowest BCUT2D eigenvalue weighted by Gasteiger charge is -2.26. The Kier molecular flexibility index (Phi) is 8.58. The van der Waals surface area contributed by atoms with E-state index in [1.54, 1.807) is 36.4 Å². The normalized spacial score (nSPS) is 12.3. The van der Waals surface area contributed by atoms with Crippen LogP contribution in [0.15, 0.2) is 83.8 Å². The zero-order valence-corrected chi connectivity index (χ0v) is 21.0. The fraction of sp³-hybridized carbons (Fsp3) is 0.269. The SMILES string of the molecule is COc1ccc(S(=O)(=O)N(CC(=O)N[C@H](CC(C)C)c2ccccc2)c2ccc(Cl)cc2)cc1. The van der Waals surface area contributed by atoms with Gasteiger partial charge in [0, 0.05) is 5.02 Å². The fourth-order valence-corrected chi connectivity index (χ4v) is 5.15. The number of benzene rings is 3. The molecule has 0 aliphatic rings. The number of anilines is 1. The molecule has 8 heteroatoms. The van der Waals surface area contributed by atoms with Gasteiger partial charge in [-0.2, -0.15) is 0 Å². The number of hydrogen-bond donors (Lipinski definition) is 1. The lowest BCUT2D eigenvalue weighted by molar-refractivity contribution is -0.120. The maximum absolute atomic E-state index is 13.6. The standard InChI is InChI=1S/C26H29ClN2O4S/c1-19(2)17-25(20-7-5-4-6-8-20)28-26(30)18-29(22-11-9-21(27)10-12-22)34(31,32)24-15-13-23(33-3)14-16-24/h4-16,19,25H,17-18H2,1-3H3,(H,28,30)/t25-/m1/s1. The quantitative estimate of drug-likeness (QED) is 0.401. The molecule has 3 rings (SSSR count). The van der Waals surface area contributed by atoms with E-state index < -0.39 is 15.9 Å². The second-order valence-corrected chi connectivity index (χ2v) is 10.6. The van der Waals surface area contributed by atoms with Gasteiger partial charge < -0.3 is 10.1 Å². The minimum atomic E-state index is -4.04. The van der Waals surface area contributed by atoms with Crippen molar-refractivity contribution >= 4 is 33.2 Å². The van der Waals surface area contributed by atoms with Crippen molar-refractivity contribution in [2.45, 2.75) is 31.2 Å². The Morgan fingerprint density at radius 3 is 2.15 bits per heavy atom. The first-order valence-electron chi connectivity index (χ1n) is 11.0. The number of halogens is 1. The summed E-state index contributed by atoms with van der Waals surface area (Å²) in [5.74, 6) is 0.469. The van der Waals surface area contributed by atoms with Gasteiger partial charge in [0.05, 0.1) is 23.7 Å². The lowest BCUT2D eigenvalue weighted by atomic mass is 9.97. The second-order valence-electron chi connectivity index (χ2n) is 8.32. The maximum Gasteiger partial charge on any atom is 0.264 e. The zero-order chi connectivity index (χ0) is 24.7. The van der Waals surface area contributed by atoms with Crippen LogP contribution in [-0.4, -0.2) is 28.0 Å². The number of methoxy groups -OCH3 is 1. The summed E-state index contributed by atoms with van der Waals surface area (Å²) in [7, 11) is -2.53. The minimum absolute atomic E-state index is 0.0536. The van der Waals surface area contributed by atoms with E-state index in [1.165, 1.54) is 19.2 Å². The summed E-state index contributed by atoms with van der Waals surface area (Å²) in [6, 6.07) is 21.9. The molecule has 1 N–H and O–H groups in total. The Balaban J connectivity index is 1.91. The van der Waals surface area contributed by atoms with Crippen molar-refractivity contribution in [3.63, 3.8) is 0 Å². The van der Waals surface area contributed by atoms with Crippen LogP contribution in [0.3, 0.4) is 0 Å². The number of nitrogens with one attached hydrogen (secondary N) is 1. The molecule has 0 spiro atoms. The summed E-state index contributed by atoms with van der Waals surface area (Å²) < 4.78 is 33.3. The number of carbonyl (C=O) groups excluding carboxylic acids is 1. The summed E-state index contributed by atoms with van der Waals surface area (Å²) in [6.45, 7) is 3.78. The first-order chi connectivity index (χ1) is 16.2. The van der Waals surface area contributed by atoms with Gasteiger partial charge in [0.2, 0.25) is 5.91 Å². The first kappa shape index (κ1) is 25.6. The molecule has 34 heavy (non-hydrogen) atoms. The predicted octanol–water partition coefficient (Wildman–Crippen LogP) is 5.45. The van der Waals surface area contributed by atoms with Gasteiger partial charge in [0.15, 0.2) is 0 Å². The Morgan fingerprint density at radius 2 is 1.59 bits per heavy atom. The van der Waals surface area contributed by atoms with E-state index in [-0.39, 0.29) is 17.5 Å². The molecule has 1 atom stereocenters. The van der Waals surface area contributed by atoms with Crippen molar-refractivity contribution in [3.05, 3.63) is 89.4 Å². The molecule has 3 aromatic carbocycles. The van der Waals surface area contributed by atoms with Crippen molar-refractivity contribution in [2.24, 2.45) is 5.92 Å². The van der Waals surface area contributed by atoms with Gasteiger partial charge in [-0.3, -0.25) is 9.10 Å². The summed E-state index contributed by atoms with van der Waals surface area (Å²) in [5, 5.41) is 3.50. The number of nitrogens with zero attached hydrogens (tertiary/aromatic N) is 1. The van der Waals surface area contributed by atoms with Crippen LogP contribution < -0.4 is 14.4 Å². The van der Waals surface area contributed by atoms with Crippen LogP contribution in [0.25, 0.3) is 0 Å². The Morgan fingerprint density at radius 1 is 0.971 bits per heavy atom. The van der Waals surface area contributed by atoms with Crippen LogP contribution in [0, 0.1) is 5.92 Å². The lowest BCUT2D eigenvalue weighted by Crippen LogP contribution is -2.42. The van der Waals surface area contributed by atoms with Crippen LogP contribution in [0.5, 0.6) is 5.75 Å².